The highest BCUT2D eigenvalue weighted by molar-refractivity contribution is 7.09. The van der Waals surface area contributed by atoms with Crippen molar-refractivity contribution >= 4 is 47.4 Å². The third-order valence-electron chi connectivity index (χ3n) is 5.01. The van der Waals surface area contributed by atoms with Crippen LogP contribution >= 0.6 is 36.3 Å². The summed E-state index contributed by atoms with van der Waals surface area (Å²) in [6, 6.07) is 8.27. The van der Waals surface area contributed by atoms with Crippen molar-refractivity contribution in [2.24, 2.45) is 0 Å². The lowest BCUT2D eigenvalue weighted by Gasteiger charge is -2.37. The first kappa shape index (κ1) is 21.9. The molecule has 4 rings (SSSR count). The Bertz CT molecular complexity index is 764. The Hall–Kier alpha value is -1.41. The number of rotatable bonds is 3. The summed E-state index contributed by atoms with van der Waals surface area (Å²) >= 11 is 1.46. The Kier molecular flexibility index (Phi) is 7.85. The highest BCUT2D eigenvalue weighted by atomic mass is 35.5. The molecule has 148 valence electrons. The second-order valence-corrected chi connectivity index (χ2v) is 7.30. The van der Waals surface area contributed by atoms with Crippen LogP contribution in [0.5, 0.6) is 0 Å². The van der Waals surface area contributed by atoms with Gasteiger partial charge < -0.3 is 15.1 Å². The van der Waals surface area contributed by atoms with Gasteiger partial charge in [-0.25, -0.2) is 4.98 Å². The summed E-state index contributed by atoms with van der Waals surface area (Å²) in [5.41, 5.74) is 2.60. The molecule has 0 aliphatic carbocycles. The molecule has 1 unspecified atom stereocenters. The number of piperazine rings is 1. The Balaban J connectivity index is 0.00000131. The maximum Gasteiger partial charge on any atom is 0.240 e. The van der Waals surface area contributed by atoms with Crippen molar-refractivity contribution in [1.29, 1.82) is 0 Å². The molecule has 1 amide bonds. The number of aryl methyl sites for hydroxylation is 1. The highest BCUT2D eigenvalue weighted by Gasteiger charge is 2.30. The first-order chi connectivity index (χ1) is 12.2. The second kappa shape index (κ2) is 9.68. The molecule has 0 radical (unpaired) electrons. The number of carbonyl (C=O) groups is 1. The fraction of sp³-hybridized carbons (Fsp3) is 0.500. The third kappa shape index (κ3) is 4.71. The molecule has 1 aromatic heterocycles. The number of aromatic nitrogens is 2. The Labute approximate surface area is 176 Å². The maximum atomic E-state index is 12.9. The van der Waals surface area contributed by atoms with E-state index in [1.54, 1.807) is 0 Å². The Morgan fingerprint density at radius 3 is 2.56 bits per heavy atom. The molecule has 2 aromatic rings. The van der Waals surface area contributed by atoms with Gasteiger partial charge in [-0.1, -0.05) is 31.2 Å². The monoisotopic (exact) mass is 429 g/mol. The molecule has 0 saturated carbocycles. The van der Waals surface area contributed by atoms with Crippen LogP contribution in [-0.2, 0) is 24.2 Å². The molecule has 2 aliphatic rings. The van der Waals surface area contributed by atoms with E-state index in [-0.39, 0.29) is 36.8 Å². The number of anilines is 1. The molecule has 1 atom stereocenters. The minimum Gasteiger partial charge on any atom is -0.343 e. The van der Waals surface area contributed by atoms with Crippen molar-refractivity contribution in [1.82, 2.24) is 19.6 Å². The number of hydrogen-bond acceptors (Lipinski definition) is 6. The van der Waals surface area contributed by atoms with E-state index in [0.29, 0.717) is 0 Å². The van der Waals surface area contributed by atoms with Crippen LogP contribution in [0.3, 0.4) is 0 Å². The Morgan fingerprint density at radius 2 is 1.89 bits per heavy atom. The molecular weight excluding hydrogens is 405 g/mol. The van der Waals surface area contributed by atoms with Crippen molar-refractivity contribution in [3.05, 3.63) is 41.2 Å². The lowest BCUT2D eigenvalue weighted by atomic mass is 9.95. The lowest BCUT2D eigenvalue weighted by Crippen LogP contribution is -2.55. The van der Waals surface area contributed by atoms with Crippen molar-refractivity contribution in [3.8, 4) is 0 Å². The maximum absolute atomic E-state index is 12.9. The number of amides is 1. The molecule has 27 heavy (non-hydrogen) atoms. The zero-order chi connectivity index (χ0) is 17.2. The summed E-state index contributed by atoms with van der Waals surface area (Å²) < 4.78 is 4.36. The summed E-state index contributed by atoms with van der Waals surface area (Å²) in [5, 5.41) is 4.38. The summed E-state index contributed by atoms with van der Waals surface area (Å²) in [7, 11) is 0. The fourth-order valence-electron chi connectivity index (χ4n) is 3.48. The molecule has 0 spiro atoms. The number of fused-ring (bicyclic) bond motifs is 1. The first-order valence-corrected chi connectivity index (χ1v) is 9.68. The second-order valence-electron chi connectivity index (χ2n) is 6.57. The molecule has 2 aliphatic heterocycles. The van der Waals surface area contributed by atoms with Gasteiger partial charge >= 0.3 is 0 Å². The Morgan fingerprint density at radius 1 is 1.19 bits per heavy atom. The minimum absolute atomic E-state index is 0. The molecule has 1 N–H and O–H groups in total. The van der Waals surface area contributed by atoms with Gasteiger partial charge in [0, 0.05) is 50.7 Å². The summed E-state index contributed by atoms with van der Waals surface area (Å²) in [6.45, 7) is 6.00. The van der Waals surface area contributed by atoms with Crippen LogP contribution in [0.25, 0.3) is 0 Å². The van der Waals surface area contributed by atoms with E-state index in [1.165, 1.54) is 22.7 Å². The molecule has 3 heterocycles. The van der Waals surface area contributed by atoms with Crippen LogP contribution < -0.4 is 10.2 Å². The van der Waals surface area contributed by atoms with Gasteiger partial charge in [0.2, 0.25) is 11.0 Å². The largest absolute Gasteiger partial charge is 0.343 e. The van der Waals surface area contributed by atoms with Gasteiger partial charge in [0.05, 0.1) is 6.04 Å². The predicted molar refractivity (Wildman–Crippen MR) is 113 cm³/mol. The van der Waals surface area contributed by atoms with Gasteiger partial charge in [-0.15, -0.1) is 24.8 Å². The van der Waals surface area contributed by atoms with Crippen LogP contribution in [0.1, 0.15) is 23.9 Å². The quantitative estimate of drug-likeness (QED) is 0.810. The first-order valence-electron chi connectivity index (χ1n) is 8.91. The van der Waals surface area contributed by atoms with Gasteiger partial charge in [0.1, 0.15) is 5.82 Å². The average molecular weight is 430 g/mol. The van der Waals surface area contributed by atoms with Crippen LogP contribution in [0.15, 0.2) is 24.3 Å². The molecule has 1 saturated heterocycles. The SMILES string of the molecule is CCc1nsc(N2CCN(C(=O)C3Cc4ccccc4CN3)CC2)n1.Cl.Cl. The number of nitrogens with zero attached hydrogens (tertiary/aromatic N) is 4. The summed E-state index contributed by atoms with van der Waals surface area (Å²) in [6.07, 6.45) is 1.65. The predicted octanol–water partition coefficient (Wildman–Crippen LogP) is 2.31. The topological polar surface area (TPSA) is 61.4 Å². The van der Waals surface area contributed by atoms with E-state index in [2.05, 4.69) is 50.8 Å². The zero-order valence-electron chi connectivity index (χ0n) is 15.3. The lowest BCUT2D eigenvalue weighted by molar-refractivity contribution is -0.134. The number of halogens is 2. The average Bonchev–Trinajstić information content (AvgIpc) is 3.16. The summed E-state index contributed by atoms with van der Waals surface area (Å²) in [4.78, 5) is 21.7. The number of hydrogen-bond donors (Lipinski definition) is 1. The van der Waals surface area contributed by atoms with Crippen molar-refractivity contribution < 1.29 is 4.79 Å². The highest BCUT2D eigenvalue weighted by Crippen LogP contribution is 2.21. The van der Waals surface area contributed by atoms with Crippen LogP contribution in [0.2, 0.25) is 0 Å². The summed E-state index contributed by atoms with van der Waals surface area (Å²) in [5.74, 6) is 1.13. The van der Waals surface area contributed by atoms with Gasteiger partial charge in [-0.3, -0.25) is 4.79 Å². The number of carbonyl (C=O) groups excluding carboxylic acids is 1. The van der Waals surface area contributed by atoms with Crippen LogP contribution in [0.4, 0.5) is 5.13 Å². The van der Waals surface area contributed by atoms with E-state index in [1.807, 2.05) is 4.90 Å². The molecule has 6 nitrogen and oxygen atoms in total. The van der Waals surface area contributed by atoms with E-state index in [0.717, 1.165) is 56.5 Å². The van der Waals surface area contributed by atoms with Gasteiger partial charge in [-0.05, 0) is 17.5 Å². The van der Waals surface area contributed by atoms with E-state index in [9.17, 15) is 4.79 Å². The smallest absolute Gasteiger partial charge is 0.240 e. The molecular formula is C18H25Cl2N5OS. The van der Waals surface area contributed by atoms with Crippen LogP contribution in [0, 0.1) is 0 Å². The molecule has 9 heteroatoms. The molecule has 0 bridgehead atoms. The van der Waals surface area contributed by atoms with E-state index < -0.39 is 0 Å². The zero-order valence-corrected chi connectivity index (χ0v) is 17.7. The normalized spacial score (nSPS) is 18.9. The molecule has 1 aromatic carbocycles. The number of benzene rings is 1. The van der Waals surface area contributed by atoms with Crippen LogP contribution in [-0.4, -0.2) is 52.4 Å². The van der Waals surface area contributed by atoms with E-state index in [4.69, 9.17) is 0 Å². The third-order valence-corrected chi connectivity index (χ3v) is 5.83. The van der Waals surface area contributed by atoms with Crippen molar-refractivity contribution in [3.63, 3.8) is 0 Å². The standard InChI is InChI=1S/C18H23N5OS.2ClH/c1-2-16-20-18(25-21-16)23-9-7-22(8-10-23)17(24)15-11-13-5-3-4-6-14(13)12-19-15;;/h3-6,15,19H,2,7-12H2,1H3;2*1H. The van der Waals surface area contributed by atoms with Gasteiger partial charge in [-0.2, -0.15) is 4.37 Å². The minimum atomic E-state index is -0.102. The number of nitrogens with one attached hydrogen (secondary N) is 1. The van der Waals surface area contributed by atoms with Crippen molar-refractivity contribution in [2.75, 3.05) is 31.1 Å². The van der Waals surface area contributed by atoms with Gasteiger partial charge in [0.25, 0.3) is 0 Å². The molecule has 1 fully saturated rings. The van der Waals surface area contributed by atoms with Crippen molar-refractivity contribution in [2.45, 2.75) is 32.4 Å². The van der Waals surface area contributed by atoms with Gasteiger partial charge in [0.15, 0.2) is 0 Å². The van der Waals surface area contributed by atoms with E-state index >= 15 is 0 Å². The fourth-order valence-corrected chi connectivity index (χ4v) is 4.29.